The number of hydrogen-bond acceptors (Lipinski definition) is 2. The molecule has 3 nitrogen and oxygen atoms in total. The summed E-state index contributed by atoms with van der Waals surface area (Å²) in [6.07, 6.45) is 7.71. The highest BCUT2D eigenvalue weighted by Gasteiger charge is 2.38. The molecule has 1 fully saturated rings. The Bertz CT molecular complexity index is 768. The number of pyridine rings is 1. The van der Waals surface area contributed by atoms with E-state index in [-0.39, 0.29) is 0 Å². The maximum absolute atomic E-state index is 4.23. The van der Waals surface area contributed by atoms with Crippen LogP contribution in [0, 0.1) is 0 Å². The van der Waals surface area contributed by atoms with Crippen LogP contribution in [0.3, 0.4) is 0 Å². The molecule has 2 aromatic heterocycles. The fraction of sp³-hybridized carbons (Fsp3) is 0.353. The minimum atomic E-state index is 0.346. The van der Waals surface area contributed by atoms with Gasteiger partial charge in [0, 0.05) is 46.2 Å². The zero-order valence-electron chi connectivity index (χ0n) is 11.7. The van der Waals surface area contributed by atoms with Gasteiger partial charge in [0.05, 0.1) is 0 Å². The fourth-order valence-electron chi connectivity index (χ4n) is 3.59. The van der Waals surface area contributed by atoms with Gasteiger partial charge in [-0.3, -0.25) is 4.98 Å². The van der Waals surface area contributed by atoms with Crippen LogP contribution in [0.25, 0.3) is 21.8 Å². The van der Waals surface area contributed by atoms with Gasteiger partial charge in [-0.2, -0.15) is 0 Å². The lowest BCUT2D eigenvalue weighted by Gasteiger charge is -2.42. The molecule has 4 rings (SSSR count). The summed E-state index contributed by atoms with van der Waals surface area (Å²) in [6.45, 7) is 1.07. The van der Waals surface area contributed by atoms with Gasteiger partial charge < -0.3 is 10.3 Å². The average molecular weight is 265 g/mol. The Morgan fingerprint density at radius 3 is 2.85 bits per heavy atom. The van der Waals surface area contributed by atoms with E-state index in [1.807, 2.05) is 25.5 Å². The van der Waals surface area contributed by atoms with Crippen molar-refractivity contribution in [3.63, 3.8) is 0 Å². The van der Waals surface area contributed by atoms with E-state index < -0.39 is 0 Å². The molecule has 0 unspecified atom stereocenters. The van der Waals surface area contributed by atoms with Crippen molar-refractivity contribution in [3.05, 3.63) is 42.2 Å². The summed E-state index contributed by atoms with van der Waals surface area (Å²) in [5.41, 5.74) is 4.21. The number of nitrogens with zero attached hydrogens (tertiary/aromatic N) is 1. The molecular weight excluding hydrogens is 246 g/mol. The summed E-state index contributed by atoms with van der Waals surface area (Å²) >= 11 is 0. The van der Waals surface area contributed by atoms with E-state index in [1.54, 1.807) is 0 Å². The first-order valence-electron chi connectivity index (χ1n) is 7.33. The van der Waals surface area contributed by atoms with Crippen LogP contribution in [0.2, 0.25) is 0 Å². The average Bonchev–Trinajstić information content (AvgIpc) is 2.80. The number of fused-ring (bicyclic) bond motifs is 3. The molecule has 1 saturated carbocycles. The van der Waals surface area contributed by atoms with Gasteiger partial charge in [-0.05, 0) is 37.6 Å². The van der Waals surface area contributed by atoms with Crippen LogP contribution >= 0.6 is 0 Å². The van der Waals surface area contributed by atoms with Gasteiger partial charge in [-0.1, -0.05) is 18.6 Å². The largest absolute Gasteiger partial charge is 0.354 e. The van der Waals surface area contributed by atoms with Crippen molar-refractivity contribution in [3.8, 4) is 0 Å². The van der Waals surface area contributed by atoms with Crippen molar-refractivity contribution in [1.29, 1.82) is 0 Å². The van der Waals surface area contributed by atoms with Crippen molar-refractivity contribution in [2.24, 2.45) is 0 Å². The molecule has 1 aliphatic carbocycles. The van der Waals surface area contributed by atoms with E-state index in [0.717, 1.165) is 6.54 Å². The maximum atomic E-state index is 4.23. The molecule has 0 aliphatic heterocycles. The molecule has 102 valence electrons. The highest BCUT2D eigenvalue weighted by Crippen LogP contribution is 2.44. The van der Waals surface area contributed by atoms with Crippen molar-refractivity contribution >= 4 is 21.8 Å². The van der Waals surface area contributed by atoms with Crippen LogP contribution in [0.5, 0.6) is 0 Å². The normalized spacial score (nSPS) is 17.4. The van der Waals surface area contributed by atoms with E-state index in [1.165, 1.54) is 46.6 Å². The number of hydrogen-bond donors (Lipinski definition) is 2. The SMILES string of the molecule is CNCC1(c2ccc3c(c2)[nH]c2ccncc23)CCC1. The first-order valence-corrected chi connectivity index (χ1v) is 7.33. The number of aromatic nitrogens is 2. The van der Waals surface area contributed by atoms with Crippen molar-refractivity contribution < 1.29 is 0 Å². The van der Waals surface area contributed by atoms with Gasteiger partial charge in [0.1, 0.15) is 0 Å². The lowest BCUT2D eigenvalue weighted by Crippen LogP contribution is -2.42. The third kappa shape index (κ3) is 1.59. The summed E-state index contributed by atoms with van der Waals surface area (Å²) in [5, 5.41) is 5.85. The first-order chi connectivity index (χ1) is 9.82. The van der Waals surface area contributed by atoms with Crippen LogP contribution in [-0.4, -0.2) is 23.6 Å². The van der Waals surface area contributed by atoms with Crippen molar-refractivity contribution in [2.45, 2.75) is 24.7 Å². The molecule has 0 spiro atoms. The summed E-state index contributed by atoms with van der Waals surface area (Å²) in [6, 6.07) is 8.94. The van der Waals surface area contributed by atoms with Crippen molar-refractivity contribution in [2.75, 3.05) is 13.6 Å². The molecule has 3 heteroatoms. The topological polar surface area (TPSA) is 40.7 Å². The Morgan fingerprint density at radius 1 is 1.20 bits per heavy atom. The lowest BCUT2D eigenvalue weighted by molar-refractivity contribution is 0.239. The Kier molecular flexibility index (Phi) is 2.57. The van der Waals surface area contributed by atoms with Crippen LogP contribution in [-0.2, 0) is 5.41 Å². The summed E-state index contributed by atoms with van der Waals surface area (Å²) in [5.74, 6) is 0. The standard InChI is InChI=1S/C17H19N3/c1-18-11-17(6-2-7-17)12-3-4-13-14-10-19-8-5-15(14)20-16(13)9-12/h3-5,8-10,18,20H,2,6-7,11H2,1H3. The van der Waals surface area contributed by atoms with E-state index >= 15 is 0 Å². The first kappa shape index (κ1) is 11.9. The van der Waals surface area contributed by atoms with E-state index in [4.69, 9.17) is 0 Å². The molecule has 1 aliphatic rings. The van der Waals surface area contributed by atoms with Crippen LogP contribution in [0.15, 0.2) is 36.7 Å². The molecule has 0 amide bonds. The van der Waals surface area contributed by atoms with Gasteiger partial charge in [-0.15, -0.1) is 0 Å². The molecular formula is C17H19N3. The highest BCUT2D eigenvalue weighted by atomic mass is 14.8. The minimum absolute atomic E-state index is 0.346. The van der Waals surface area contributed by atoms with Crippen LogP contribution in [0.4, 0.5) is 0 Å². The molecule has 20 heavy (non-hydrogen) atoms. The lowest BCUT2D eigenvalue weighted by atomic mass is 9.64. The predicted molar refractivity (Wildman–Crippen MR) is 83.1 cm³/mol. The second-order valence-electron chi connectivity index (χ2n) is 5.97. The number of nitrogens with one attached hydrogen (secondary N) is 2. The van der Waals surface area contributed by atoms with Gasteiger partial charge in [0.15, 0.2) is 0 Å². The molecule has 0 radical (unpaired) electrons. The van der Waals surface area contributed by atoms with Crippen LogP contribution < -0.4 is 5.32 Å². The van der Waals surface area contributed by atoms with Crippen LogP contribution in [0.1, 0.15) is 24.8 Å². The number of aromatic amines is 1. The molecule has 0 saturated heterocycles. The van der Waals surface area contributed by atoms with Gasteiger partial charge in [0.2, 0.25) is 0 Å². The second kappa shape index (κ2) is 4.32. The third-order valence-electron chi connectivity index (χ3n) is 4.84. The van der Waals surface area contributed by atoms with Gasteiger partial charge >= 0.3 is 0 Å². The van der Waals surface area contributed by atoms with E-state index in [2.05, 4.69) is 33.5 Å². The highest BCUT2D eigenvalue weighted by molar-refractivity contribution is 6.06. The number of H-pyrrole nitrogens is 1. The summed E-state index contributed by atoms with van der Waals surface area (Å²) < 4.78 is 0. The zero-order chi connectivity index (χ0) is 13.6. The molecule has 0 bridgehead atoms. The minimum Gasteiger partial charge on any atom is -0.354 e. The Balaban J connectivity index is 1.88. The smallest absolute Gasteiger partial charge is 0.0495 e. The zero-order valence-corrected chi connectivity index (χ0v) is 11.7. The number of rotatable bonds is 3. The van der Waals surface area contributed by atoms with E-state index in [9.17, 15) is 0 Å². The molecule has 2 heterocycles. The second-order valence-corrected chi connectivity index (χ2v) is 5.97. The summed E-state index contributed by atoms with van der Waals surface area (Å²) in [4.78, 5) is 7.75. The van der Waals surface area contributed by atoms with Gasteiger partial charge in [0.25, 0.3) is 0 Å². The third-order valence-corrected chi connectivity index (χ3v) is 4.84. The molecule has 1 aromatic carbocycles. The fourth-order valence-corrected chi connectivity index (χ4v) is 3.59. The Labute approximate surface area is 118 Å². The maximum Gasteiger partial charge on any atom is 0.0495 e. The van der Waals surface area contributed by atoms with E-state index in [0.29, 0.717) is 5.41 Å². The summed E-state index contributed by atoms with van der Waals surface area (Å²) in [7, 11) is 2.05. The number of benzene rings is 1. The monoisotopic (exact) mass is 265 g/mol. The Morgan fingerprint density at radius 2 is 2.10 bits per heavy atom. The molecule has 3 aromatic rings. The number of likely N-dealkylation sites (N-methyl/N-ethyl adjacent to an activating group) is 1. The predicted octanol–water partition coefficient (Wildman–Crippen LogP) is 3.36. The molecule has 0 atom stereocenters. The quantitative estimate of drug-likeness (QED) is 0.762. The Hall–Kier alpha value is -1.87. The van der Waals surface area contributed by atoms with Crippen molar-refractivity contribution in [1.82, 2.24) is 15.3 Å². The van der Waals surface area contributed by atoms with Gasteiger partial charge in [-0.25, -0.2) is 0 Å². The molecule has 2 N–H and O–H groups in total.